The van der Waals surface area contributed by atoms with Crippen molar-refractivity contribution in [3.8, 4) is 0 Å². The molecule has 0 radical (unpaired) electrons. The first-order chi connectivity index (χ1) is 8.82. The summed E-state index contributed by atoms with van der Waals surface area (Å²) in [5, 5.41) is 8.87. The predicted molar refractivity (Wildman–Crippen MR) is 78.4 cm³/mol. The van der Waals surface area contributed by atoms with Gasteiger partial charge >= 0.3 is 5.97 Å². The number of carboxylic acid groups (broad SMARTS) is 1. The van der Waals surface area contributed by atoms with Crippen LogP contribution in [0.25, 0.3) is 0 Å². The van der Waals surface area contributed by atoms with Crippen LogP contribution in [0.2, 0.25) is 0 Å². The van der Waals surface area contributed by atoms with Crippen LogP contribution in [0.4, 0.5) is 0 Å². The van der Waals surface area contributed by atoms with Crippen molar-refractivity contribution in [1.82, 2.24) is 4.90 Å². The lowest BCUT2D eigenvalue weighted by Gasteiger charge is -2.33. The van der Waals surface area contributed by atoms with Crippen molar-refractivity contribution >= 4 is 5.97 Å². The minimum atomic E-state index is -0.737. The van der Waals surface area contributed by atoms with Gasteiger partial charge in [0.1, 0.15) is 0 Å². The van der Waals surface area contributed by atoms with Gasteiger partial charge in [-0.15, -0.1) is 0 Å². The van der Waals surface area contributed by atoms with E-state index in [4.69, 9.17) is 5.11 Å². The van der Waals surface area contributed by atoms with E-state index in [0.29, 0.717) is 12.6 Å². The highest BCUT2D eigenvalue weighted by molar-refractivity contribution is 5.66. The van der Waals surface area contributed by atoms with Crippen molar-refractivity contribution in [2.45, 2.75) is 53.1 Å². The van der Waals surface area contributed by atoms with Gasteiger partial charge in [0.2, 0.25) is 0 Å². The van der Waals surface area contributed by atoms with E-state index in [2.05, 4.69) is 57.7 Å². The first-order valence-corrected chi connectivity index (χ1v) is 6.87. The van der Waals surface area contributed by atoms with Crippen LogP contribution < -0.4 is 0 Å². The monoisotopic (exact) mass is 263 g/mol. The smallest absolute Gasteiger partial charge is 0.304 e. The molecule has 3 nitrogen and oxygen atoms in total. The van der Waals surface area contributed by atoms with E-state index in [1.807, 2.05) is 0 Å². The summed E-state index contributed by atoms with van der Waals surface area (Å²) in [6.07, 6.45) is 0.188. The molecular weight excluding hydrogens is 238 g/mol. The number of carbonyl (C=O) groups is 1. The second-order valence-electron chi connectivity index (χ2n) is 5.51. The summed E-state index contributed by atoms with van der Waals surface area (Å²) in [4.78, 5) is 13.0. The quantitative estimate of drug-likeness (QED) is 0.853. The molecule has 1 N–H and O–H groups in total. The van der Waals surface area contributed by atoms with E-state index < -0.39 is 5.97 Å². The number of nitrogens with zero attached hydrogens (tertiary/aromatic N) is 1. The van der Waals surface area contributed by atoms with Crippen molar-refractivity contribution in [3.63, 3.8) is 0 Å². The predicted octanol–water partition coefficient (Wildman–Crippen LogP) is 3.55. The van der Waals surface area contributed by atoms with E-state index in [0.717, 1.165) is 0 Å². The van der Waals surface area contributed by atoms with Gasteiger partial charge in [-0.2, -0.15) is 0 Å². The molecule has 3 heteroatoms. The van der Waals surface area contributed by atoms with Crippen molar-refractivity contribution < 1.29 is 9.90 Å². The molecule has 1 aromatic rings. The molecule has 1 atom stereocenters. The van der Waals surface area contributed by atoms with Gasteiger partial charge in [0.25, 0.3) is 0 Å². The Morgan fingerprint density at radius 3 is 2.42 bits per heavy atom. The number of benzene rings is 1. The third-order valence-corrected chi connectivity index (χ3v) is 3.63. The molecule has 19 heavy (non-hydrogen) atoms. The van der Waals surface area contributed by atoms with Crippen LogP contribution in [0.5, 0.6) is 0 Å². The van der Waals surface area contributed by atoms with E-state index in [1.165, 1.54) is 16.7 Å². The molecule has 0 aromatic heterocycles. The Bertz CT molecular complexity index is 440. The molecule has 0 aliphatic heterocycles. The number of aryl methyl sites for hydroxylation is 2. The molecule has 0 bridgehead atoms. The van der Waals surface area contributed by atoms with E-state index >= 15 is 0 Å². The molecule has 1 rings (SSSR count). The molecule has 1 aromatic carbocycles. The fraction of sp³-hybridized carbons (Fsp3) is 0.562. The Kier molecular flexibility index (Phi) is 5.55. The maximum absolute atomic E-state index is 10.8. The molecule has 1 unspecified atom stereocenters. The number of rotatable bonds is 6. The van der Waals surface area contributed by atoms with Crippen LogP contribution in [0.3, 0.4) is 0 Å². The Morgan fingerprint density at radius 1 is 1.26 bits per heavy atom. The van der Waals surface area contributed by atoms with Crippen LogP contribution in [0, 0.1) is 13.8 Å². The highest BCUT2D eigenvalue weighted by Gasteiger charge is 2.20. The lowest BCUT2D eigenvalue weighted by atomic mass is 9.98. The van der Waals surface area contributed by atoms with Crippen molar-refractivity contribution in [2.24, 2.45) is 0 Å². The molecule has 0 aliphatic carbocycles. The minimum absolute atomic E-state index is 0.188. The Morgan fingerprint density at radius 2 is 1.89 bits per heavy atom. The van der Waals surface area contributed by atoms with Gasteiger partial charge in [-0.3, -0.25) is 9.69 Å². The average molecular weight is 263 g/mol. The zero-order chi connectivity index (χ0) is 14.6. The van der Waals surface area contributed by atoms with Crippen molar-refractivity contribution in [3.05, 3.63) is 34.9 Å². The second kappa shape index (κ2) is 6.71. The molecule has 106 valence electrons. The standard InChI is InChI=1S/C16H25NO2/c1-11(2)17(9-8-16(18)19)14(5)15-10-12(3)6-7-13(15)4/h6-7,10-11,14H,8-9H2,1-5H3,(H,18,19). The molecular formula is C16H25NO2. The molecule has 0 heterocycles. The number of hydrogen-bond acceptors (Lipinski definition) is 2. The van der Waals surface area contributed by atoms with Crippen molar-refractivity contribution in [1.29, 1.82) is 0 Å². The third-order valence-electron chi connectivity index (χ3n) is 3.63. The molecule has 0 spiro atoms. The molecule has 0 saturated carbocycles. The van der Waals surface area contributed by atoms with E-state index in [1.54, 1.807) is 0 Å². The van der Waals surface area contributed by atoms with Crippen LogP contribution in [0.1, 0.15) is 49.9 Å². The lowest BCUT2D eigenvalue weighted by Crippen LogP contribution is -2.35. The van der Waals surface area contributed by atoms with Gasteiger partial charge in [0, 0.05) is 18.6 Å². The summed E-state index contributed by atoms with van der Waals surface area (Å²) in [6, 6.07) is 7.02. The summed E-state index contributed by atoms with van der Waals surface area (Å²) in [6.45, 7) is 11.2. The number of carboxylic acids is 1. The number of hydrogen-bond donors (Lipinski definition) is 1. The summed E-state index contributed by atoms with van der Waals surface area (Å²) in [5.74, 6) is -0.737. The van der Waals surface area contributed by atoms with Gasteiger partial charge in [0.15, 0.2) is 0 Å². The first kappa shape index (κ1) is 15.7. The first-order valence-electron chi connectivity index (χ1n) is 6.87. The Hall–Kier alpha value is -1.35. The molecule has 0 aliphatic rings. The maximum Gasteiger partial charge on any atom is 0.304 e. The summed E-state index contributed by atoms with van der Waals surface area (Å²) in [5.41, 5.74) is 3.80. The van der Waals surface area contributed by atoms with E-state index in [9.17, 15) is 4.79 Å². The largest absolute Gasteiger partial charge is 0.481 e. The van der Waals surface area contributed by atoms with Gasteiger partial charge in [-0.25, -0.2) is 0 Å². The zero-order valence-corrected chi connectivity index (χ0v) is 12.6. The van der Waals surface area contributed by atoms with Crippen molar-refractivity contribution in [2.75, 3.05) is 6.54 Å². The fourth-order valence-electron chi connectivity index (χ4n) is 2.51. The van der Waals surface area contributed by atoms with Gasteiger partial charge in [0.05, 0.1) is 6.42 Å². The summed E-state index contributed by atoms with van der Waals surface area (Å²) < 4.78 is 0. The van der Waals surface area contributed by atoms with Gasteiger partial charge in [-0.1, -0.05) is 23.8 Å². The maximum atomic E-state index is 10.8. The number of aliphatic carboxylic acids is 1. The van der Waals surface area contributed by atoms with E-state index in [-0.39, 0.29) is 12.5 Å². The summed E-state index contributed by atoms with van der Waals surface area (Å²) >= 11 is 0. The topological polar surface area (TPSA) is 40.5 Å². The Balaban J connectivity index is 2.95. The summed E-state index contributed by atoms with van der Waals surface area (Å²) in [7, 11) is 0. The molecule has 0 saturated heterocycles. The van der Waals surface area contributed by atoms with Crippen LogP contribution >= 0.6 is 0 Å². The molecule has 0 fully saturated rings. The van der Waals surface area contributed by atoms with Crippen LogP contribution in [-0.2, 0) is 4.79 Å². The van der Waals surface area contributed by atoms with Crippen LogP contribution in [-0.4, -0.2) is 28.6 Å². The average Bonchev–Trinajstić information content (AvgIpc) is 2.31. The second-order valence-corrected chi connectivity index (χ2v) is 5.51. The normalized spacial score (nSPS) is 13.0. The Labute approximate surface area is 116 Å². The van der Waals surface area contributed by atoms with Gasteiger partial charge < -0.3 is 5.11 Å². The van der Waals surface area contributed by atoms with Gasteiger partial charge in [-0.05, 0) is 45.7 Å². The van der Waals surface area contributed by atoms with Crippen LogP contribution in [0.15, 0.2) is 18.2 Å². The minimum Gasteiger partial charge on any atom is -0.481 e. The molecule has 0 amide bonds. The third kappa shape index (κ3) is 4.35. The highest BCUT2D eigenvalue weighted by atomic mass is 16.4. The lowest BCUT2D eigenvalue weighted by molar-refractivity contribution is -0.137. The fourth-order valence-corrected chi connectivity index (χ4v) is 2.51. The highest BCUT2D eigenvalue weighted by Crippen LogP contribution is 2.26. The zero-order valence-electron chi connectivity index (χ0n) is 12.6. The SMILES string of the molecule is Cc1ccc(C)c(C(C)N(CCC(=O)O)C(C)C)c1.